The van der Waals surface area contributed by atoms with Crippen molar-refractivity contribution in [2.45, 2.75) is 18.6 Å². The van der Waals surface area contributed by atoms with Crippen LogP contribution in [0.3, 0.4) is 0 Å². The lowest BCUT2D eigenvalue weighted by Gasteiger charge is -2.10. The molecule has 0 spiro atoms. The van der Waals surface area contributed by atoms with Gasteiger partial charge in [-0.1, -0.05) is 11.6 Å². The second-order valence-electron chi connectivity index (χ2n) is 2.40. The molecule has 0 aromatic carbocycles. The number of thiazole rings is 1. The molecular formula is C7H8ClFN2OS. The number of hydrogen-bond acceptors (Lipinski definition) is 3. The number of halogens is 2. The lowest BCUT2D eigenvalue weighted by Crippen LogP contribution is -2.31. The molecule has 2 atom stereocenters. The van der Waals surface area contributed by atoms with E-state index in [2.05, 4.69) is 10.3 Å². The number of carbonyl (C=O) groups is 1. The van der Waals surface area contributed by atoms with Gasteiger partial charge < -0.3 is 5.32 Å². The number of amides is 1. The van der Waals surface area contributed by atoms with Gasteiger partial charge in [0.15, 0.2) is 0 Å². The highest BCUT2D eigenvalue weighted by molar-refractivity contribution is 7.09. The van der Waals surface area contributed by atoms with Gasteiger partial charge in [0.2, 0.25) is 0 Å². The minimum Gasteiger partial charge on any atom is -0.344 e. The molecule has 0 bridgehead atoms. The highest BCUT2D eigenvalue weighted by Crippen LogP contribution is 2.15. The minimum absolute atomic E-state index is 0.301. The molecule has 6 heteroatoms. The zero-order valence-corrected chi connectivity index (χ0v) is 8.40. The van der Waals surface area contributed by atoms with Crippen molar-refractivity contribution < 1.29 is 9.18 Å². The molecule has 72 valence electrons. The summed E-state index contributed by atoms with van der Waals surface area (Å²) in [6.45, 7) is 1.72. The third-order valence-electron chi connectivity index (χ3n) is 1.38. The van der Waals surface area contributed by atoms with Gasteiger partial charge in [-0.15, -0.1) is 11.3 Å². The Morgan fingerprint density at radius 3 is 3.00 bits per heavy atom. The van der Waals surface area contributed by atoms with E-state index in [1.165, 1.54) is 11.3 Å². The van der Waals surface area contributed by atoms with Crippen molar-refractivity contribution in [2.24, 2.45) is 0 Å². The molecule has 1 heterocycles. The van der Waals surface area contributed by atoms with Crippen molar-refractivity contribution in [1.29, 1.82) is 0 Å². The molecule has 0 aliphatic heterocycles. The van der Waals surface area contributed by atoms with Gasteiger partial charge in [-0.3, -0.25) is 4.79 Å². The molecule has 0 aliphatic rings. The van der Waals surface area contributed by atoms with E-state index in [9.17, 15) is 9.18 Å². The van der Waals surface area contributed by atoms with Gasteiger partial charge in [-0.2, -0.15) is 0 Å². The fraction of sp³-hybridized carbons (Fsp3) is 0.429. The number of alkyl halides is 2. The van der Waals surface area contributed by atoms with Gasteiger partial charge in [-0.25, -0.2) is 9.37 Å². The van der Waals surface area contributed by atoms with E-state index in [-0.39, 0.29) is 6.04 Å². The SMILES string of the molecule is CC(NC(=O)C(F)Cl)c1nccs1. The molecule has 0 fully saturated rings. The predicted octanol–water partition coefficient (Wildman–Crippen LogP) is 1.85. The van der Waals surface area contributed by atoms with E-state index in [0.717, 1.165) is 5.01 Å². The van der Waals surface area contributed by atoms with Crippen molar-refractivity contribution >= 4 is 28.8 Å². The van der Waals surface area contributed by atoms with E-state index < -0.39 is 11.5 Å². The summed E-state index contributed by atoms with van der Waals surface area (Å²) < 4.78 is 12.2. The first kappa shape index (κ1) is 10.4. The molecule has 0 saturated heterocycles. The highest BCUT2D eigenvalue weighted by Gasteiger charge is 2.17. The lowest BCUT2D eigenvalue weighted by molar-refractivity contribution is -0.124. The largest absolute Gasteiger partial charge is 0.344 e. The Balaban J connectivity index is 2.51. The summed E-state index contributed by atoms with van der Waals surface area (Å²) in [7, 11) is 0. The van der Waals surface area contributed by atoms with E-state index in [4.69, 9.17) is 11.6 Å². The van der Waals surface area contributed by atoms with Crippen LogP contribution in [-0.2, 0) is 4.79 Å². The van der Waals surface area contributed by atoms with E-state index in [1.807, 2.05) is 0 Å². The van der Waals surface area contributed by atoms with Gasteiger partial charge in [0.1, 0.15) is 5.01 Å². The second kappa shape index (κ2) is 4.53. The monoisotopic (exact) mass is 222 g/mol. The predicted molar refractivity (Wildman–Crippen MR) is 49.4 cm³/mol. The van der Waals surface area contributed by atoms with Crippen LogP contribution in [0.2, 0.25) is 0 Å². The molecule has 1 amide bonds. The van der Waals surface area contributed by atoms with Gasteiger partial charge >= 0.3 is 0 Å². The van der Waals surface area contributed by atoms with Crippen LogP contribution in [0.15, 0.2) is 11.6 Å². The molecule has 2 unspecified atom stereocenters. The van der Waals surface area contributed by atoms with Crippen LogP contribution in [0.25, 0.3) is 0 Å². The Morgan fingerprint density at radius 2 is 2.54 bits per heavy atom. The zero-order chi connectivity index (χ0) is 9.84. The summed E-state index contributed by atoms with van der Waals surface area (Å²) in [4.78, 5) is 14.8. The molecule has 0 radical (unpaired) electrons. The van der Waals surface area contributed by atoms with Crippen LogP contribution < -0.4 is 5.32 Å². The number of carbonyl (C=O) groups excluding carboxylic acids is 1. The maximum Gasteiger partial charge on any atom is 0.270 e. The van der Waals surface area contributed by atoms with Crippen LogP contribution in [0, 0.1) is 0 Å². The molecule has 0 aliphatic carbocycles. The number of rotatable bonds is 3. The first-order valence-electron chi connectivity index (χ1n) is 3.59. The highest BCUT2D eigenvalue weighted by atomic mass is 35.5. The Kier molecular flexibility index (Phi) is 3.62. The number of aromatic nitrogens is 1. The van der Waals surface area contributed by atoms with Crippen molar-refractivity contribution in [1.82, 2.24) is 10.3 Å². The number of hydrogen-bond donors (Lipinski definition) is 1. The van der Waals surface area contributed by atoms with Crippen LogP contribution >= 0.6 is 22.9 Å². The summed E-state index contributed by atoms with van der Waals surface area (Å²) in [5.74, 6) is -0.829. The van der Waals surface area contributed by atoms with Crippen molar-refractivity contribution in [3.8, 4) is 0 Å². The summed E-state index contributed by atoms with van der Waals surface area (Å²) in [6, 6.07) is -0.301. The molecule has 1 rings (SSSR count). The van der Waals surface area contributed by atoms with Crippen LogP contribution in [0.4, 0.5) is 4.39 Å². The maximum atomic E-state index is 12.2. The Morgan fingerprint density at radius 1 is 1.85 bits per heavy atom. The summed E-state index contributed by atoms with van der Waals surface area (Å²) in [6.07, 6.45) is 1.62. The molecule has 3 nitrogen and oxygen atoms in total. The number of nitrogens with one attached hydrogen (secondary N) is 1. The average Bonchev–Trinajstić information content (AvgIpc) is 2.55. The molecular weight excluding hydrogens is 215 g/mol. The topological polar surface area (TPSA) is 42.0 Å². The fourth-order valence-electron chi connectivity index (χ4n) is 0.786. The third kappa shape index (κ3) is 2.93. The zero-order valence-electron chi connectivity index (χ0n) is 6.83. The summed E-state index contributed by atoms with van der Waals surface area (Å²) in [5.41, 5.74) is -2.00. The molecule has 1 N–H and O–H groups in total. The molecule has 0 saturated carbocycles. The smallest absolute Gasteiger partial charge is 0.270 e. The van der Waals surface area contributed by atoms with Crippen molar-refractivity contribution in [3.05, 3.63) is 16.6 Å². The third-order valence-corrected chi connectivity index (χ3v) is 2.54. The van der Waals surface area contributed by atoms with Gasteiger partial charge in [0, 0.05) is 11.6 Å². The van der Waals surface area contributed by atoms with Gasteiger partial charge in [0.25, 0.3) is 11.5 Å². The van der Waals surface area contributed by atoms with E-state index >= 15 is 0 Å². The van der Waals surface area contributed by atoms with Crippen LogP contribution in [0.1, 0.15) is 18.0 Å². The van der Waals surface area contributed by atoms with Gasteiger partial charge in [-0.05, 0) is 6.92 Å². The standard InChI is InChI=1S/C7H8ClFN2OS/c1-4(7-10-2-3-13-7)11-6(12)5(8)9/h2-5H,1H3,(H,11,12). The molecule has 13 heavy (non-hydrogen) atoms. The Labute approximate surface area is 83.9 Å². The number of nitrogens with zero attached hydrogens (tertiary/aromatic N) is 1. The van der Waals surface area contributed by atoms with Crippen molar-refractivity contribution in [3.63, 3.8) is 0 Å². The molecule has 1 aromatic heterocycles. The normalized spacial score (nSPS) is 15.0. The van der Waals surface area contributed by atoms with Gasteiger partial charge in [0.05, 0.1) is 6.04 Å². The van der Waals surface area contributed by atoms with Crippen LogP contribution in [0.5, 0.6) is 0 Å². The van der Waals surface area contributed by atoms with Crippen molar-refractivity contribution in [2.75, 3.05) is 0 Å². The van der Waals surface area contributed by atoms with Crippen LogP contribution in [-0.4, -0.2) is 16.5 Å². The summed E-state index contributed by atoms with van der Waals surface area (Å²) in [5, 5.41) is 4.89. The quantitative estimate of drug-likeness (QED) is 0.794. The Bertz CT molecular complexity index is 278. The first-order valence-corrected chi connectivity index (χ1v) is 4.90. The second-order valence-corrected chi connectivity index (χ2v) is 3.71. The fourth-order valence-corrected chi connectivity index (χ4v) is 1.50. The summed E-state index contributed by atoms with van der Waals surface area (Å²) >= 11 is 6.33. The minimum atomic E-state index is -2.00. The molecule has 1 aromatic rings. The maximum absolute atomic E-state index is 12.2. The Hall–Kier alpha value is -0.680. The average molecular weight is 223 g/mol. The van der Waals surface area contributed by atoms with E-state index in [1.54, 1.807) is 18.5 Å². The lowest BCUT2D eigenvalue weighted by atomic mass is 10.3. The van der Waals surface area contributed by atoms with E-state index in [0.29, 0.717) is 0 Å². The first-order chi connectivity index (χ1) is 6.11.